The maximum atomic E-state index is 12.7. The molecule has 7 nitrogen and oxygen atoms in total. The molecule has 1 amide bonds. The molecule has 0 radical (unpaired) electrons. The average molecular weight is 449 g/mol. The Hall–Kier alpha value is -2.23. The van der Waals surface area contributed by atoms with Crippen LogP contribution in [0.4, 0.5) is 5.69 Å². The molecule has 1 aromatic carbocycles. The molecule has 0 saturated carbocycles. The average Bonchev–Trinajstić information content (AvgIpc) is 3.42. The lowest BCUT2D eigenvalue weighted by atomic mass is 9.99. The van der Waals surface area contributed by atoms with Crippen LogP contribution in [0, 0.1) is 0 Å². The monoisotopic (exact) mass is 448 g/mol. The lowest BCUT2D eigenvalue weighted by molar-refractivity contribution is -0.119. The van der Waals surface area contributed by atoms with Crippen LogP contribution < -0.4 is 5.32 Å². The minimum absolute atomic E-state index is 0.142. The van der Waals surface area contributed by atoms with E-state index in [0.29, 0.717) is 23.7 Å². The number of thiophene rings is 1. The zero-order valence-electron chi connectivity index (χ0n) is 16.6. The Morgan fingerprint density at radius 3 is 2.60 bits per heavy atom. The van der Waals surface area contributed by atoms with Gasteiger partial charge in [0.15, 0.2) is 6.61 Å². The molecular formula is C21H24N2O5S2. The predicted molar refractivity (Wildman–Crippen MR) is 114 cm³/mol. The number of benzene rings is 1. The van der Waals surface area contributed by atoms with E-state index in [4.69, 9.17) is 4.74 Å². The molecule has 30 heavy (non-hydrogen) atoms. The van der Waals surface area contributed by atoms with Crippen molar-refractivity contribution >= 4 is 38.9 Å². The molecule has 2 heterocycles. The van der Waals surface area contributed by atoms with Crippen molar-refractivity contribution in [3.63, 3.8) is 0 Å². The lowest BCUT2D eigenvalue weighted by Gasteiger charge is -2.16. The van der Waals surface area contributed by atoms with E-state index in [-0.39, 0.29) is 4.90 Å². The molecule has 160 valence electrons. The Bertz CT molecular complexity index is 1030. The van der Waals surface area contributed by atoms with Gasteiger partial charge in [0.05, 0.1) is 4.90 Å². The Kier molecular flexibility index (Phi) is 6.21. The van der Waals surface area contributed by atoms with E-state index in [1.54, 1.807) is 12.1 Å². The van der Waals surface area contributed by atoms with Gasteiger partial charge in [0.1, 0.15) is 4.88 Å². The SMILES string of the molecule is O=C(COC(=O)c1cc2c(s1)CCCC2)Nc1cccc(S(=O)(=O)N2CCCC2)c1. The molecule has 0 bridgehead atoms. The number of anilines is 1. The zero-order chi connectivity index (χ0) is 21.1. The molecule has 9 heteroatoms. The fourth-order valence-electron chi connectivity index (χ4n) is 3.80. The second kappa shape index (κ2) is 8.87. The largest absolute Gasteiger partial charge is 0.451 e. The van der Waals surface area contributed by atoms with Crippen molar-refractivity contribution in [1.82, 2.24) is 4.31 Å². The van der Waals surface area contributed by atoms with Gasteiger partial charge in [-0.05, 0) is 68.4 Å². The van der Waals surface area contributed by atoms with E-state index < -0.39 is 28.5 Å². The van der Waals surface area contributed by atoms with Crippen LogP contribution in [0.1, 0.15) is 45.8 Å². The van der Waals surface area contributed by atoms with E-state index in [1.165, 1.54) is 38.2 Å². The number of hydrogen-bond acceptors (Lipinski definition) is 6. The molecule has 0 atom stereocenters. The third kappa shape index (κ3) is 4.58. The van der Waals surface area contributed by atoms with Crippen molar-refractivity contribution in [1.29, 1.82) is 0 Å². The summed E-state index contributed by atoms with van der Waals surface area (Å²) in [6.07, 6.45) is 5.95. The highest BCUT2D eigenvalue weighted by atomic mass is 32.2. The Labute approximate surface area is 180 Å². The molecule has 0 unspecified atom stereocenters. The third-order valence-corrected chi connectivity index (χ3v) is 8.46. The number of hydrogen-bond donors (Lipinski definition) is 1. The number of rotatable bonds is 6. The summed E-state index contributed by atoms with van der Waals surface area (Å²) in [4.78, 5) is 26.4. The fraction of sp³-hybridized carbons (Fsp3) is 0.429. The van der Waals surface area contributed by atoms with Crippen LogP contribution >= 0.6 is 11.3 Å². The summed E-state index contributed by atoms with van der Waals surface area (Å²) in [7, 11) is -3.56. The smallest absolute Gasteiger partial charge is 0.348 e. The van der Waals surface area contributed by atoms with Crippen LogP contribution in [-0.4, -0.2) is 44.3 Å². The molecule has 1 aliphatic heterocycles. The van der Waals surface area contributed by atoms with Crippen molar-refractivity contribution in [2.45, 2.75) is 43.4 Å². The van der Waals surface area contributed by atoms with Gasteiger partial charge in [0.2, 0.25) is 10.0 Å². The molecule has 1 aromatic heterocycles. The van der Waals surface area contributed by atoms with Gasteiger partial charge in [0.25, 0.3) is 5.91 Å². The normalized spacial score (nSPS) is 16.8. The molecule has 1 aliphatic carbocycles. The predicted octanol–water partition coefficient (Wildman–Crippen LogP) is 3.21. The molecule has 1 fully saturated rings. The van der Waals surface area contributed by atoms with Crippen LogP contribution in [0.25, 0.3) is 0 Å². The number of esters is 1. The standard InChI is InChI=1S/C21H24N2O5S2/c24-20(14-28-21(25)19-12-15-6-1-2-9-18(15)29-19)22-16-7-5-8-17(13-16)30(26,27)23-10-3-4-11-23/h5,7-8,12-13H,1-4,6,9-11,14H2,(H,22,24). The Morgan fingerprint density at radius 2 is 1.83 bits per heavy atom. The van der Waals surface area contributed by atoms with Crippen LogP contribution in [0.2, 0.25) is 0 Å². The highest BCUT2D eigenvalue weighted by Crippen LogP contribution is 2.30. The van der Waals surface area contributed by atoms with E-state index >= 15 is 0 Å². The summed E-state index contributed by atoms with van der Waals surface area (Å²) in [5, 5.41) is 2.61. The first-order valence-electron chi connectivity index (χ1n) is 10.1. The van der Waals surface area contributed by atoms with Gasteiger partial charge in [-0.15, -0.1) is 11.3 Å². The first-order chi connectivity index (χ1) is 14.4. The minimum Gasteiger partial charge on any atom is -0.451 e. The highest BCUT2D eigenvalue weighted by Gasteiger charge is 2.27. The minimum atomic E-state index is -3.56. The van der Waals surface area contributed by atoms with Crippen molar-refractivity contribution in [3.8, 4) is 0 Å². The van der Waals surface area contributed by atoms with Gasteiger partial charge in [-0.25, -0.2) is 13.2 Å². The maximum absolute atomic E-state index is 12.7. The molecule has 1 N–H and O–H groups in total. The Morgan fingerprint density at radius 1 is 1.07 bits per heavy atom. The number of ether oxygens (including phenoxy) is 1. The number of carbonyl (C=O) groups excluding carboxylic acids is 2. The number of sulfonamides is 1. The third-order valence-electron chi connectivity index (χ3n) is 5.35. The number of fused-ring (bicyclic) bond motifs is 1. The summed E-state index contributed by atoms with van der Waals surface area (Å²) < 4.78 is 32.0. The number of nitrogens with one attached hydrogen (secondary N) is 1. The molecule has 0 spiro atoms. The van der Waals surface area contributed by atoms with Crippen molar-refractivity contribution in [3.05, 3.63) is 45.6 Å². The number of carbonyl (C=O) groups is 2. The van der Waals surface area contributed by atoms with E-state index in [9.17, 15) is 18.0 Å². The number of amides is 1. The van der Waals surface area contributed by atoms with Crippen molar-refractivity contribution < 1.29 is 22.7 Å². The van der Waals surface area contributed by atoms with Crippen LogP contribution in [-0.2, 0) is 32.4 Å². The maximum Gasteiger partial charge on any atom is 0.348 e. The highest BCUT2D eigenvalue weighted by molar-refractivity contribution is 7.89. The van der Waals surface area contributed by atoms with Gasteiger partial charge < -0.3 is 10.1 Å². The van der Waals surface area contributed by atoms with E-state index in [1.807, 2.05) is 6.07 Å². The molecule has 4 rings (SSSR count). The summed E-state index contributed by atoms with van der Waals surface area (Å²) in [5.41, 5.74) is 1.56. The summed E-state index contributed by atoms with van der Waals surface area (Å²) >= 11 is 1.44. The molecule has 1 saturated heterocycles. The second-order valence-corrected chi connectivity index (χ2v) is 10.6. The van der Waals surface area contributed by atoms with Crippen molar-refractivity contribution in [2.75, 3.05) is 25.0 Å². The van der Waals surface area contributed by atoms with Gasteiger partial charge in [-0.2, -0.15) is 4.31 Å². The topological polar surface area (TPSA) is 92.8 Å². The fourth-order valence-corrected chi connectivity index (χ4v) is 6.51. The molecule has 2 aliphatic rings. The zero-order valence-corrected chi connectivity index (χ0v) is 18.2. The van der Waals surface area contributed by atoms with Gasteiger partial charge in [0, 0.05) is 23.7 Å². The van der Waals surface area contributed by atoms with Crippen LogP contribution in [0.3, 0.4) is 0 Å². The van der Waals surface area contributed by atoms with Crippen molar-refractivity contribution in [2.24, 2.45) is 0 Å². The number of nitrogens with zero attached hydrogens (tertiary/aromatic N) is 1. The molecule has 2 aromatic rings. The number of aryl methyl sites for hydroxylation is 2. The molecular weight excluding hydrogens is 424 g/mol. The first-order valence-corrected chi connectivity index (χ1v) is 12.4. The van der Waals surface area contributed by atoms with Crippen LogP contribution in [0.5, 0.6) is 0 Å². The summed E-state index contributed by atoms with van der Waals surface area (Å²) in [5.74, 6) is -1.02. The summed E-state index contributed by atoms with van der Waals surface area (Å²) in [6.45, 7) is 0.604. The first kappa shape index (κ1) is 21.0. The Balaban J connectivity index is 1.35. The van der Waals surface area contributed by atoms with Gasteiger partial charge in [-0.1, -0.05) is 6.07 Å². The van der Waals surface area contributed by atoms with Crippen LogP contribution in [0.15, 0.2) is 35.2 Å². The quantitative estimate of drug-likeness (QED) is 0.685. The van der Waals surface area contributed by atoms with Gasteiger partial charge in [-0.3, -0.25) is 4.79 Å². The second-order valence-electron chi connectivity index (χ2n) is 7.53. The van der Waals surface area contributed by atoms with E-state index in [0.717, 1.165) is 38.5 Å². The summed E-state index contributed by atoms with van der Waals surface area (Å²) in [6, 6.07) is 8.01. The lowest BCUT2D eigenvalue weighted by Crippen LogP contribution is -2.28. The van der Waals surface area contributed by atoms with E-state index in [2.05, 4.69) is 5.32 Å². The van der Waals surface area contributed by atoms with Gasteiger partial charge >= 0.3 is 5.97 Å².